The molecule has 0 aliphatic heterocycles. The normalized spacial score (nSPS) is 10.7. The van der Waals surface area contributed by atoms with Crippen LogP contribution in [0.4, 0.5) is 11.4 Å². The molecule has 0 saturated carbocycles. The maximum absolute atomic E-state index is 12.0. The van der Waals surface area contributed by atoms with Crippen molar-refractivity contribution in [2.75, 3.05) is 11.1 Å². The van der Waals surface area contributed by atoms with Crippen molar-refractivity contribution < 1.29 is 9.21 Å². The number of fused-ring (bicyclic) bond motifs is 1. The second-order valence-electron chi connectivity index (χ2n) is 4.45. The zero-order valence-electron chi connectivity index (χ0n) is 10.9. The highest BCUT2D eigenvalue weighted by Gasteiger charge is 2.13. The molecule has 7 heteroatoms. The minimum atomic E-state index is -0.619. The van der Waals surface area contributed by atoms with E-state index in [1.54, 1.807) is 36.4 Å². The molecule has 21 heavy (non-hydrogen) atoms. The number of hydrogen-bond donors (Lipinski definition) is 2. The molecule has 0 aliphatic carbocycles. The number of pyridine rings is 1. The monoisotopic (exact) mass is 284 g/mol. The Bertz CT molecular complexity index is 866. The number of hydrogen-bond acceptors (Lipinski definition) is 5. The Balaban J connectivity index is 1.84. The number of nitrogens with two attached hydrogens (primary N) is 1. The lowest BCUT2D eigenvalue weighted by atomic mass is 10.3. The number of benzene rings is 1. The first kappa shape index (κ1) is 12.9. The second-order valence-corrected chi connectivity index (χ2v) is 4.45. The standard InChI is InChI=1S/C14H12N4O3/c15-9-3-1-4-10(7-9)17-12(19)8-18-13-11(21-14(18)20)5-2-6-16-13/h1-7H,8,15H2,(H,17,19). The summed E-state index contributed by atoms with van der Waals surface area (Å²) in [5.41, 5.74) is 7.43. The van der Waals surface area contributed by atoms with Gasteiger partial charge in [0.05, 0.1) is 0 Å². The van der Waals surface area contributed by atoms with E-state index in [2.05, 4.69) is 10.3 Å². The van der Waals surface area contributed by atoms with Crippen molar-refractivity contribution in [1.82, 2.24) is 9.55 Å². The molecule has 2 heterocycles. The maximum Gasteiger partial charge on any atom is 0.421 e. The smallest absolute Gasteiger partial charge is 0.406 e. The highest BCUT2D eigenvalue weighted by atomic mass is 16.4. The lowest BCUT2D eigenvalue weighted by Crippen LogP contribution is -2.25. The van der Waals surface area contributed by atoms with Crippen molar-refractivity contribution in [3.8, 4) is 0 Å². The van der Waals surface area contributed by atoms with E-state index in [9.17, 15) is 9.59 Å². The fraction of sp³-hybridized carbons (Fsp3) is 0.0714. The summed E-state index contributed by atoms with van der Waals surface area (Å²) in [7, 11) is 0. The lowest BCUT2D eigenvalue weighted by Gasteiger charge is -2.06. The van der Waals surface area contributed by atoms with Gasteiger partial charge in [0.25, 0.3) is 0 Å². The molecule has 0 fully saturated rings. The molecule has 7 nitrogen and oxygen atoms in total. The van der Waals surface area contributed by atoms with Crippen molar-refractivity contribution in [3.05, 3.63) is 53.1 Å². The molecule has 1 amide bonds. The van der Waals surface area contributed by atoms with Crippen molar-refractivity contribution in [2.24, 2.45) is 0 Å². The quantitative estimate of drug-likeness (QED) is 0.704. The van der Waals surface area contributed by atoms with Gasteiger partial charge in [0, 0.05) is 17.6 Å². The van der Waals surface area contributed by atoms with Gasteiger partial charge in [-0.05, 0) is 30.3 Å². The van der Waals surface area contributed by atoms with Crippen LogP contribution in [-0.2, 0) is 11.3 Å². The molecular weight excluding hydrogens is 272 g/mol. The van der Waals surface area contributed by atoms with Crippen LogP contribution in [0.2, 0.25) is 0 Å². The van der Waals surface area contributed by atoms with Crippen molar-refractivity contribution >= 4 is 28.5 Å². The van der Waals surface area contributed by atoms with Crippen LogP contribution in [0.5, 0.6) is 0 Å². The van der Waals surface area contributed by atoms with Gasteiger partial charge in [-0.3, -0.25) is 4.79 Å². The Morgan fingerprint density at radius 2 is 2.19 bits per heavy atom. The summed E-state index contributed by atoms with van der Waals surface area (Å²) in [4.78, 5) is 27.8. The van der Waals surface area contributed by atoms with Gasteiger partial charge in [-0.25, -0.2) is 14.3 Å². The zero-order chi connectivity index (χ0) is 14.8. The van der Waals surface area contributed by atoms with Gasteiger partial charge in [-0.2, -0.15) is 0 Å². The van der Waals surface area contributed by atoms with Crippen molar-refractivity contribution in [2.45, 2.75) is 6.54 Å². The number of oxazole rings is 1. The van der Waals surface area contributed by atoms with E-state index in [0.29, 0.717) is 22.6 Å². The zero-order valence-corrected chi connectivity index (χ0v) is 10.9. The van der Waals surface area contributed by atoms with Crippen LogP contribution in [-0.4, -0.2) is 15.5 Å². The molecule has 0 saturated heterocycles. The summed E-state index contributed by atoms with van der Waals surface area (Å²) < 4.78 is 6.19. The second kappa shape index (κ2) is 5.12. The Kier molecular flexibility index (Phi) is 3.15. The van der Waals surface area contributed by atoms with Gasteiger partial charge in [-0.15, -0.1) is 0 Å². The molecular formula is C14H12N4O3. The minimum Gasteiger partial charge on any atom is -0.406 e. The van der Waals surface area contributed by atoms with E-state index >= 15 is 0 Å². The van der Waals surface area contributed by atoms with Crippen LogP contribution in [0.3, 0.4) is 0 Å². The summed E-state index contributed by atoms with van der Waals surface area (Å²) in [6.45, 7) is -0.183. The van der Waals surface area contributed by atoms with E-state index in [1.807, 2.05) is 0 Å². The van der Waals surface area contributed by atoms with Crippen molar-refractivity contribution in [3.63, 3.8) is 0 Å². The number of anilines is 2. The fourth-order valence-electron chi connectivity index (χ4n) is 2.00. The van der Waals surface area contributed by atoms with Crippen LogP contribution in [0.25, 0.3) is 11.2 Å². The minimum absolute atomic E-state index is 0.183. The Morgan fingerprint density at radius 1 is 1.33 bits per heavy atom. The lowest BCUT2D eigenvalue weighted by molar-refractivity contribution is -0.116. The first-order chi connectivity index (χ1) is 10.1. The molecule has 0 atom stereocenters. The van der Waals surface area contributed by atoms with Gasteiger partial charge >= 0.3 is 5.76 Å². The third kappa shape index (κ3) is 2.62. The number of nitrogens with zero attached hydrogens (tertiary/aromatic N) is 2. The van der Waals surface area contributed by atoms with Crippen LogP contribution in [0.1, 0.15) is 0 Å². The Morgan fingerprint density at radius 3 is 3.00 bits per heavy atom. The molecule has 0 spiro atoms. The van der Waals surface area contributed by atoms with Crippen LogP contribution in [0, 0.1) is 0 Å². The third-order valence-corrected chi connectivity index (χ3v) is 2.90. The molecule has 0 bridgehead atoms. The van der Waals surface area contributed by atoms with Gasteiger partial charge in [-0.1, -0.05) is 6.07 Å². The molecule has 3 N–H and O–H groups in total. The van der Waals surface area contributed by atoms with E-state index in [-0.39, 0.29) is 12.5 Å². The van der Waals surface area contributed by atoms with E-state index in [0.717, 1.165) is 0 Å². The number of amides is 1. The van der Waals surface area contributed by atoms with Crippen LogP contribution in [0.15, 0.2) is 51.8 Å². The number of aromatic nitrogens is 2. The van der Waals surface area contributed by atoms with Crippen LogP contribution >= 0.6 is 0 Å². The average Bonchev–Trinajstić information content (AvgIpc) is 2.75. The number of rotatable bonds is 3. The summed E-state index contributed by atoms with van der Waals surface area (Å²) in [5.74, 6) is -0.984. The van der Waals surface area contributed by atoms with Crippen LogP contribution < -0.4 is 16.8 Å². The average molecular weight is 284 g/mol. The van der Waals surface area contributed by atoms with Crippen molar-refractivity contribution in [1.29, 1.82) is 0 Å². The van der Waals surface area contributed by atoms with E-state index in [4.69, 9.17) is 10.2 Å². The summed E-state index contributed by atoms with van der Waals surface area (Å²) in [6, 6.07) is 10.1. The molecule has 2 aromatic heterocycles. The molecule has 106 valence electrons. The number of carbonyl (C=O) groups is 1. The topological polar surface area (TPSA) is 103 Å². The molecule has 1 aromatic carbocycles. The molecule has 3 rings (SSSR count). The highest BCUT2D eigenvalue weighted by molar-refractivity contribution is 5.91. The first-order valence-corrected chi connectivity index (χ1v) is 6.23. The van der Waals surface area contributed by atoms with Gasteiger partial charge < -0.3 is 15.5 Å². The highest BCUT2D eigenvalue weighted by Crippen LogP contribution is 2.12. The third-order valence-electron chi connectivity index (χ3n) is 2.90. The van der Waals surface area contributed by atoms with E-state index in [1.165, 1.54) is 10.8 Å². The molecule has 0 aliphatic rings. The molecule has 0 radical (unpaired) electrons. The predicted molar refractivity (Wildman–Crippen MR) is 77.8 cm³/mol. The first-order valence-electron chi connectivity index (χ1n) is 6.23. The summed E-state index contributed by atoms with van der Waals surface area (Å²) in [5, 5.41) is 2.66. The predicted octanol–water partition coefficient (Wildman–Crippen LogP) is 1.21. The Hall–Kier alpha value is -3.09. The summed E-state index contributed by atoms with van der Waals surface area (Å²) >= 11 is 0. The van der Waals surface area contributed by atoms with Gasteiger partial charge in [0.1, 0.15) is 6.54 Å². The van der Waals surface area contributed by atoms with Gasteiger partial charge in [0.15, 0.2) is 11.2 Å². The number of nitrogens with one attached hydrogen (secondary N) is 1. The molecule has 0 unspecified atom stereocenters. The molecule has 3 aromatic rings. The van der Waals surface area contributed by atoms with E-state index < -0.39 is 5.76 Å². The maximum atomic E-state index is 12.0. The number of carbonyl (C=O) groups excluding carboxylic acids is 1. The Labute approximate surface area is 119 Å². The summed E-state index contributed by atoms with van der Waals surface area (Å²) in [6.07, 6.45) is 1.53. The largest absolute Gasteiger partial charge is 0.421 e. The SMILES string of the molecule is Nc1cccc(NC(=O)Cn2c(=O)oc3cccnc32)c1. The number of nitrogen functional groups attached to an aromatic ring is 1. The van der Waals surface area contributed by atoms with Gasteiger partial charge in [0.2, 0.25) is 5.91 Å². The fourth-order valence-corrected chi connectivity index (χ4v) is 2.00.